The molecule has 170 valence electrons. The average molecular weight is 445 g/mol. The fourth-order valence-electron chi connectivity index (χ4n) is 3.35. The Morgan fingerprint density at radius 2 is 1.68 bits per heavy atom. The van der Waals surface area contributed by atoms with Crippen molar-refractivity contribution in [2.45, 2.75) is 58.0 Å². The van der Waals surface area contributed by atoms with Crippen LogP contribution in [0.25, 0.3) is 0 Å². The van der Waals surface area contributed by atoms with Gasteiger partial charge in [-0.1, -0.05) is 44.2 Å². The predicted octanol–water partition coefficient (Wildman–Crippen LogP) is 2.40. The quantitative estimate of drug-likeness (QED) is 0.380. The number of hydrogen-bond donors (Lipinski definition) is 4. The number of amides is 2. The molecule has 1 aromatic heterocycles. The van der Waals surface area contributed by atoms with Crippen molar-refractivity contribution in [3.63, 3.8) is 0 Å². The van der Waals surface area contributed by atoms with Crippen molar-refractivity contribution in [2.24, 2.45) is 17.4 Å². The summed E-state index contributed by atoms with van der Waals surface area (Å²) in [6, 6.07) is 12.7. The normalized spacial score (nSPS) is 13.1. The van der Waals surface area contributed by atoms with Crippen LogP contribution in [0.5, 0.6) is 0 Å². The van der Waals surface area contributed by atoms with E-state index in [0.717, 1.165) is 24.8 Å². The number of carbonyl (C=O) groups excluding carboxylic acids is 2. The molecule has 0 radical (unpaired) electrons. The van der Waals surface area contributed by atoms with Crippen molar-refractivity contribution in [3.8, 4) is 0 Å². The Hall–Kier alpha value is -2.22. The maximum atomic E-state index is 12.9. The average Bonchev–Trinajstić information content (AvgIpc) is 3.19. The molecule has 0 bridgehead atoms. The monoisotopic (exact) mass is 444 g/mol. The van der Waals surface area contributed by atoms with Crippen molar-refractivity contribution < 1.29 is 9.59 Å². The lowest BCUT2D eigenvalue weighted by molar-refractivity contribution is -0.129. The van der Waals surface area contributed by atoms with Gasteiger partial charge in [0.1, 0.15) is 6.04 Å². The van der Waals surface area contributed by atoms with E-state index >= 15 is 0 Å². The minimum atomic E-state index is -0.656. The molecule has 7 heteroatoms. The smallest absolute Gasteiger partial charge is 0.242 e. The van der Waals surface area contributed by atoms with Gasteiger partial charge in [-0.25, -0.2) is 0 Å². The predicted molar refractivity (Wildman–Crippen MR) is 128 cm³/mol. The van der Waals surface area contributed by atoms with E-state index < -0.39 is 12.1 Å². The van der Waals surface area contributed by atoms with Crippen LogP contribution < -0.4 is 22.1 Å². The first-order chi connectivity index (χ1) is 14.9. The van der Waals surface area contributed by atoms with Crippen LogP contribution in [-0.4, -0.2) is 37.0 Å². The van der Waals surface area contributed by atoms with E-state index in [4.69, 9.17) is 11.5 Å². The summed E-state index contributed by atoms with van der Waals surface area (Å²) in [5.41, 5.74) is 12.6. The SMILES string of the molecule is CC(C)C[C@@H](N)C(=O)N[C@@H](Cc1ccccc1)C(=O)NCCc1ccc(CCCN)s1. The lowest BCUT2D eigenvalue weighted by atomic mass is 10.0. The van der Waals surface area contributed by atoms with Crippen molar-refractivity contribution >= 4 is 23.2 Å². The van der Waals surface area contributed by atoms with E-state index in [2.05, 4.69) is 22.8 Å². The van der Waals surface area contributed by atoms with Crippen LogP contribution in [0.4, 0.5) is 0 Å². The van der Waals surface area contributed by atoms with Gasteiger partial charge in [0.05, 0.1) is 6.04 Å². The molecule has 0 aliphatic carbocycles. The molecule has 0 aliphatic heterocycles. The molecule has 0 spiro atoms. The van der Waals surface area contributed by atoms with Crippen LogP contribution in [0.15, 0.2) is 42.5 Å². The van der Waals surface area contributed by atoms with Crippen LogP contribution >= 0.6 is 11.3 Å². The van der Waals surface area contributed by atoms with E-state index in [1.807, 2.05) is 44.2 Å². The second-order valence-electron chi connectivity index (χ2n) is 8.29. The van der Waals surface area contributed by atoms with Gasteiger partial charge in [0.15, 0.2) is 0 Å². The third kappa shape index (κ3) is 9.21. The minimum Gasteiger partial charge on any atom is -0.354 e. The fraction of sp³-hybridized carbons (Fsp3) is 0.500. The molecule has 2 aromatic rings. The Morgan fingerprint density at radius 1 is 1.00 bits per heavy atom. The van der Waals surface area contributed by atoms with Gasteiger partial charge < -0.3 is 22.1 Å². The molecule has 2 rings (SSSR count). The first-order valence-electron chi connectivity index (χ1n) is 11.0. The largest absolute Gasteiger partial charge is 0.354 e. The van der Waals surface area contributed by atoms with Gasteiger partial charge in [-0.3, -0.25) is 9.59 Å². The zero-order chi connectivity index (χ0) is 22.6. The summed E-state index contributed by atoms with van der Waals surface area (Å²) in [5.74, 6) is -0.163. The van der Waals surface area contributed by atoms with Crippen molar-refractivity contribution in [1.82, 2.24) is 10.6 Å². The first kappa shape index (κ1) is 25.0. The summed E-state index contributed by atoms with van der Waals surface area (Å²) < 4.78 is 0. The van der Waals surface area contributed by atoms with Crippen molar-refractivity contribution in [1.29, 1.82) is 0 Å². The Kier molecular flexibility index (Phi) is 10.7. The Morgan fingerprint density at radius 3 is 2.32 bits per heavy atom. The molecule has 0 fully saturated rings. The highest BCUT2D eigenvalue weighted by Gasteiger charge is 2.24. The molecule has 31 heavy (non-hydrogen) atoms. The summed E-state index contributed by atoms with van der Waals surface area (Å²) in [5, 5.41) is 5.84. The maximum Gasteiger partial charge on any atom is 0.242 e. The molecule has 0 unspecified atom stereocenters. The van der Waals surface area contributed by atoms with Gasteiger partial charge in [0.2, 0.25) is 11.8 Å². The molecule has 6 N–H and O–H groups in total. The van der Waals surface area contributed by atoms with Crippen LogP contribution in [0.1, 0.15) is 42.0 Å². The van der Waals surface area contributed by atoms with Crippen molar-refractivity contribution in [3.05, 3.63) is 57.8 Å². The Balaban J connectivity index is 1.93. The highest BCUT2D eigenvalue weighted by molar-refractivity contribution is 7.11. The van der Waals surface area contributed by atoms with Gasteiger partial charge in [-0.15, -0.1) is 11.3 Å². The van der Waals surface area contributed by atoms with Crippen LogP contribution in [0, 0.1) is 5.92 Å². The van der Waals surface area contributed by atoms with Gasteiger partial charge in [-0.2, -0.15) is 0 Å². The second kappa shape index (κ2) is 13.2. The van der Waals surface area contributed by atoms with Crippen LogP contribution in [0.3, 0.4) is 0 Å². The lowest BCUT2D eigenvalue weighted by Crippen LogP contribution is -2.53. The number of hydrogen-bond acceptors (Lipinski definition) is 5. The summed E-state index contributed by atoms with van der Waals surface area (Å²) in [6.07, 6.45) is 3.75. The molecule has 0 aliphatic rings. The number of aryl methyl sites for hydroxylation is 1. The summed E-state index contributed by atoms with van der Waals surface area (Å²) in [7, 11) is 0. The minimum absolute atomic E-state index is 0.186. The standard InChI is InChI=1S/C24H36N4O2S/c1-17(2)15-21(26)23(29)28-22(16-18-7-4-3-5-8-18)24(30)27-14-12-20-11-10-19(31-20)9-6-13-25/h3-5,7-8,10-11,17,21-22H,6,9,12-16,25-26H2,1-2H3,(H,27,30)(H,28,29)/t21-,22+/m1/s1. The molecule has 2 atom stereocenters. The second-order valence-corrected chi connectivity index (χ2v) is 9.54. The number of nitrogens with two attached hydrogens (primary N) is 2. The van der Waals surface area contributed by atoms with Crippen LogP contribution in [-0.2, 0) is 28.9 Å². The highest BCUT2D eigenvalue weighted by atomic mass is 32.1. The Bertz CT molecular complexity index is 807. The third-order valence-corrected chi connectivity index (χ3v) is 6.20. The maximum absolute atomic E-state index is 12.9. The lowest BCUT2D eigenvalue weighted by Gasteiger charge is -2.21. The number of benzene rings is 1. The number of thiophene rings is 1. The highest BCUT2D eigenvalue weighted by Crippen LogP contribution is 2.18. The molecular weight excluding hydrogens is 408 g/mol. The zero-order valence-corrected chi connectivity index (χ0v) is 19.4. The summed E-state index contributed by atoms with van der Waals surface area (Å²) in [6.45, 7) is 5.26. The fourth-order valence-corrected chi connectivity index (χ4v) is 4.41. The number of nitrogens with one attached hydrogen (secondary N) is 2. The third-order valence-electron chi connectivity index (χ3n) is 4.99. The van der Waals surface area contributed by atoms with E-state index in [0.29, 0.717) is 31.8 Å². The molecule has 6 nitrogen and oxygen atoms in total. The van der Waals surface area contributed by atoms with Gasteiger partial charge in [0.25, 0.3) is 0 Å². The van der Waals surface area contributed by atoms with Gasteiger partial charge >= 0.3 is 0 Å². The molecule has 2 amide bonds. The topological polar surface area (TPSA) is 110 Å². The molecular formula is C24H36N4O2S. The van der Waals surface area contributed by atoms with Gasteiger partial charge in [0, 0.05) is 22.7 Å². The van der Waals surface area contributed by atoms with E-state index in [1.165, 1.54) is 9.75 Å². The van der Waals surface area contributed by atoms with Gasteiger partial charge in [-0.05, 0) is 55.8 Å². The van der Waals surface area contributed by atoms with E-state index in [-0.39, 0.29) is 11.8 Å². The van der Waals surface area contributed by atoms with E-state index in [9.17, 15) is 9.59 Å². The molecule has 0 saturated heterocycles. The number of rotatable bonds is 13. The summed E-state index contributed by atoms with van der Waals surface area (Å²) >= 11 is 1.76. The molecule has 1 heterocycles. The van der Waals surface area contributed by atoms with Crippen molar-refractivity contribution in [2.75, 3.05) is 13.1 Å². The number of carbonyl (C=O) groups is 2. The zero-order valence-electron chi connectivity index (χ0n) is 18.6. The Labute approximate surface area is 189 Å². The van der Waals surface area contributed by atoms with Crippen LogP contribution in [0.2, 0.25) is 0 Å². The summed E-state index contributed by atoms with van der Waals surface area (Å²) in [4.78, 5) is 28.0. The molecule has 0 saturated carbocycles. The first-order valence-corrected chi connectivity index (χ1v) is 11.9. The van der Waals surface area contributed by atoms with E-state index in [1.54, 1.807) is 11.3 Å². The molecule has 1 aromatic carbocycles.